The second kappa shape index (κ2) is 6.85. The number of carbonyl (C=O) groups is 1. The van der Waals surface area contributed by atoms with Gasteiger partial charge in [-0.05, 0) is 23.3 Å². The number of methoxy groups -OCH3 is 1. The highest BCUT2D eigenvalue weighted by Gasteiger charge is 2.40. The maximum Gasteiger partial charge on any atom is 0.324 e. The molecule has 1 aliphatic heterocycles. The van der Waals surface area contributed by atoms with E-state index in [4.69, 9.17) is 4.74 Å². The van der Waals surface area contributed by atoms with E-state index in [0.717, 1.165) is 27.6 Å². The van der Waals surface area contributed by atoms with Crippen molar-refractivity contribution >= 4 is 21.7 Å². The van der Waals surface area contributed by atoms with E-state index >= 15 is 0 Å². The monoisotopic (exact) mass is 376 g/mol. The first-order chi connectivity index (χ1) is 12.3. The molecule has 0 unspecified atom stereocenters. The molecule has 0 fully saturated rings. The molecule has 8 nitrogen and oxygen atoms in total. The topological polar surface area (TPSA) is 107 Å². The normalized spacial score (nSPS) is 17.3. The molecular weight excluding hydrogens is 360 g/mol. The summed E-state index contributed by atoms with van der Waals surface area (Å²) < 4.78 is 32.0. The van der Waals surface area contributed by atoms with Gasteiger partial charge >= 0.3 is 5.97 Å². The third kappa shape index (κ3) is 3.18. The van der Waals surface area contributed by atoms with Gasteiger partial charge in [0, 0.05) is 25.1 Å². The Morgan fingerprint density at radius 1 is 1.15 bits per heavy atom. The van der Waals surface area contributed by atoms with E-state index in [1.807, 2.05) is 12.1 Å². The van der Waals surface area contributed by atoms with Crippen LogP contribution in [0.25, 0.3) is 0 Å². The summed E-state index contributed by atoms with van der Waals surface area (Å²) >= 11 is 0. The fourth-order valence-corrected chi connectivity index (χ4v) is 4.52. The van der Waals surface area contributed by atoms with E-state index in [-0.39, 0.29) is 23.5 Å². The number of fused-ring (bicyclic) bond motifs is 1. The minimum absolute atomic E-state index is 0.0231. The van der Waals surface area contributed by atoms with Crippen molar-refractivity contribution in [2.45, 2.75) is 23.9 Å². The number of sulfonamides is 1. The minimum atomic E-state index is -4.04. The van der Waals surface area contributed by atoms with Crippen LogP contribution in [-0.4, -0.2) is 36.8 Å². The Balaban J connectivity index is 2.03. The Bertz CT molecular complexity index is 955. The molecule has 2 aromatic rings. The van der Waals surface area contributed by atoms with Crippen LogP contribution in [-0.2, 0) is 32.5 Å². The predicted octanol–water partition coefficient (Wildman–Crippen LogP) is 1.88. The second-order valence-electron chi connectivity index (χ2n) is 5.81. The maximum atomic E-state index is 13.1. The van der Waals surface area contributed by atoms with Gasteiger partial charge in [-0.3, -0.25) is 14.9 Å². The summed E-state index contributed by atoms with van der Waals surface area (Å²) in [5.41, 5.74) is 1.48. The van der Waals surface area contributed by atoms with Gasteiger partial charge in [-0.25, -0.2) is 8.42 Å². The Labute approximate surface area is 150 Å². The Kier molecular flexibility index (Phi) is 4.75. The molecule has 0 spiro atoms. The molecule has 1 aliphatic rings. The molecule has 0 bridgehead atoms. The fourth-order valence-electron chi connectivity index (χ4n) is 2.96. The van der Waals surface area contributed by atoms with Crippen molar-refractivity contribution in [3.8, 4) is 0 Å². The zero-order valence-electron chi connectivity index (χ0n) is 13.9. The van der Waals surface area contributed by atoms with Crippen molar-refractivity contribution in [1.29, 1.82) is 0 Å². The van der Waals surface area contributed by atoms with Crippen LogP contribution in [0.4, 0.5) is 5.69 Å². The van der Waals surface area contributed by atoms with E-state index in [0.29, 0.717) is 0 Å². The zero-order chi connectivity index (χ0) is 18.9. The summed E-state index contributed by atoms with van der Waals surface area (Å²) in [6.07, 6.45) is 0.203. The van der Waals surface area contributed by atoms with Gasteiger partial charge in [0.05, 0.1) is 16.9 Å². The smallest absolute Gasteiger partial charge is 0.324 e. The quantitative estimate of drug-likeness (QED) is 0.458. The average molecular weight is 376 g/mol. The molecule has 3 rings (SSSR count). The van der Waals surface area contributed by atoms with Crippen LogP contribution >= 0.6 is 0 Å². The number of esters is 1. The lowest BCUT2D eigenvalue weighted by molar-refractivity contribution is -0.384. The highest BCUT2D eigenvalue weighted by Crippen LogP contribution is 2.30. The van der Waals surface area contributed by atoms with Crippen molar-refractivity contribution in [3.05, 3.63) is 69.8 Å². The maximum absolute atomic E-state index is 13.1. The first-order valence-corrected chi connectivity index (χ1v) is 9.19. The number of nitrogens with zero attached hydrogens (tertiary/aromatic N) is 2. The molecule has 136 valence electrons. The van der Waals surface area contributed by atoms with Gasteiger partial charge in [0.15, 0.2) is 0 Å². The molecule has 0 amide bonds. The lowest BCUT2D eigenvalue weighted by Crippen LogP contribution is -2.48. The SMILES string of the molecule is COC(=O)[C@@H]1Cc2ccccc2CN1S(=O)(=O)c1ccc([N+](=O)[O-])cc1. The van der Waals surface area contributed by atoms with Crippen molar-refractivity contribution in [1.82, 2.24) is 4.31 Å². The Hall–Kier alpha value is -2.78. The molecule has 2 aromatic carbocycles. The van der Waals surface area contributed by atoms with Gasteiger partial charge in [-0.15, -0.1) is 0 Å². The van der Waals surface area contributed by atoms with Gasteiger partial charge in [0.2, 0.25) is 10.0 Å². The molecule has 1 atom stereocenters. The summed E-state index contributed by atoms with van der Waals surface area (Å²) in [6.45, 7) is 0.0231. The lowest BCUT2D eigenvalue weighted by atomic mass is 9.96. The summed E-state index contributed by atoms with van der Waals surface area (Å²) in [4.78, 5) is 22.2. The first kappa shape index (κ1) is 18.0. The predicted molar refractivity (Wildman–Crippen MR) is 91.8 cm³/mol. The molecule has 0 saturated heterocycles. The molecule has 0 aromatic heterocycles. The number of hydrogen-bond donors (Lipinski definition) is 0. The highest BCUT2D eigenvalue weighted by molar-refractivity contribution is 7.89. The van der Waals surface area contributed by atoms with Crippen LogP contribution in [0.1, 0.15) is 11.1 Å². The summed E-state index contributed by atoms with van der Waals surface area (Å²) in [5.74, 6) is -0.648. The summed E-state index contributed by atoms with van der Waals surface area (Å²) in [7, 11) is -2.83. The third-order valence-corrected chi connectivity index (χ3v) is 6.20. The number of hydrogen-bond acceptors (Lipinski definition) is 6. The molecule has 0 saturated carbocycles. The molecule has 9 heteroatoms. The fraction of sp³-hybridized carbons (Fsp3) is 0.235. The van der Waals surface area contributed by atoms with Gasteiger partial charge in [0.1, 0.15) is 6.04 Å². The van der Waals surface area contributed by atoms with Crippen LogP contribution in [0.3, 0.4) is 0 Å². The highest BCUT2D eigenvalue weighted by atomic mass is 32.2. The van der Waals surface area contributed by atoms with Crippen LogP contribution in [0, 0.1) is 10.1 Å². The van der Waals surface area contributed by atoms with E-state index < -0.39 is 27.0 Å². The van der Waals surface area contributed by atoms with Crippen molar-refractivity contribution < 1.29 is 22.9 Å². The van der Waals surface area contributed by atoms with Crippen molar-refractivity contribution in [2.24, 2.45) is 0 Å². The second-order valence-corrected chi connectivity index (χ2v) is 7.70. The Morgan fingerprint density at radius 2 is 1.77 bits per heavy atom. The van der Waals surface area contributed by atoms with Crippen LogP contribution in [0.15, 0.2) is 53.4 Å². The summed E-state index contributed by atoms with van der Waals surface area (Å²) in [6, 6.07) is 10.9. The van der Waals surface area contributed by atoms with Gasteiger partial charge in [-0.2, -0.15) is 4.31 Å². The number of nitro benzene ring substituents is 1. The van der Waals surface area contributed by atoms with Crippen LogP contribution in [0.5, 0.6) is 0 Å². The Morgan fingerprint density at radius 3 is 2.35 bits per heavy atom. The van der Waals surface area contributed by atoms with Crippen molar-refractivity contribution in [2.75, 3.05) is 7.11 Å². The van der Waals surface area contributed by atoms with Crippen LogP contribution < -0.4 is 0 Å². The number of carbonyl (C=O) groups excluding carboxylic acids is 1. The first-order valence-electron chi connectivity index (χ1n) is 7.75. The number of nitro groups is 1. The van der Waals surface area contributed by atoms with Crippen LogP contribution in [0.2, 0.25) is 0 Å². The van der Waals surface area contributed by atoms with E-state index in [1.165, 1.54) is 19.2 Å². The molecule has 1 heterocycles. The number of benzene rings is 2. The number of rotatable bonds is 4. The van der Waals surface area contributed by atoms with E-state index in [9.17, 15) is 23.3 Å². The molecule has 26 heavy (non-hydrogen) atoms. The zero-order valence-corrected chi connectivity index (χ0v) is 14.7. The molecular formula is C17H16N2O6S. The minimum Gasteiger partial charge on any atom is -0.468 e. The van der Waals surface area contributed by atoms with Gasteiger partial charge in [-0.1, -0.05) is 24.3 Å². The molecule has 0 aliphatic carbocycles. The van der Waals surface area contributed by atoms with E-state index in [1.54, 1.807) is 12.1 Å². The van der Waals surface area contributed by atoms with Gasteiger partial charge < -0.3 is 4.74 Å². The largest absolute Gasteiger partial charge is 0.468 e. The molecule has 0 radical (unpaired) electrons. The number of ether oxygens (including phenoxy) is 1. The van der Waals surface area contributed by atoms with Crippen molar-refractivity contribution in [3.63, 3.8) is 0 Å². The lowest BCUT2D eigenvalue weighted by Gasteiger charge is -2.34. The van der Waals surface area contributed by atoms with Gasteiger partial charge in [0.25, 0.3) is 5.69 Å². The third-order valence-electron chi connectivity index (χ3n) is 4.33. The average Bonchev–Trinajstić information content (AvgIpc) is 2.66. The van der Waals surface area contributed by atoms with E-state index in [2.05, 4.69) is 0 Å². The standard InChI is InChI=1S/C17H16N2O6S/c1-25-17(20)16-10-12-4-2-3-5-13(12)11-18(16)26(23,24)15-8-6-14(7-9-15)19(21)22/h2-9,16H,10-11H2,1H3/t16-/m0/s1. The number of non-ortho nitro benzene ring substituents is 1. The molecule has 0 N–H and O–H groups in total. The summed E-state index contributed by atoms with van der Waals surface area (Å²) in [5, 5.41) is 10.8.